The van der Waals surface area contributed by atoms with Crippen molar-refractivity contribution >= 4 is 35.0 Å². The summed E-state index contributed by atoms with van der Waals surface area (Å²) in [6.45, 7) is 0. The molecule has 0 fully saturated rings. The molecular weight excluding hydrogens is 431 g/mol. The molecule has 6 nitrogen and oxygen atoms in total. The van der Waals surface area contributed by atoms with E-state index in [2.05, 4.69) is 5.32 Å². The highest BCUT2D eigenvalue weighted by Crippen LogP contribution is 2.19. The van der Waals surface area contributed by atoms with Crippen LogP contribution in [0.15, 0.2) is 54.9 Å². The highest BCUT2D eigenvalue weighted by molar-refractivity contribution is 7.99. The second-order valence-electron chi connectivity index (χ2n) is 6.77. The van der Waals surface area contributed by atoms with E-state index in [0.717, 1.165) is 17.3 Å². The third-order valence-corrected chi connectivity index (χ3v) is 5.29. The average molecular weight is 454 g/mol. The van der Waals surface area contributed by atoms with Crippen molar-refractivity contribution < 1.29 is 32.1 Å². The molecule has 2 aromatic rings. The predicted molar refractivity (Wildman–Crippen MR) is 112 cm³/mol. The van der Waals surface area contributed by atoms with E-state index in [1.807, 2.05) is 30.3 Å². The standard InChI is InChI=1S/C21H22F3N3O3S/c22-21(23,24)18(28)14-31-11-5-9-17(25)20(30)26-16-8-4-10-27(13-16)19(29)12-15-6-2-1-3-7-15/h1-4,6-8,10,13,17H,5,9,11-12,14,25H2/p+1/t17-/m0/s1. The fourth-order valence-corrected chi connectivity index (χ4v) is 3.45. The molecule has 0 aliphatic rings. The van der Waals surface area contributed by atoms with Crippen LogP contribution in [0.5, 0.6) is 0 Å². The molecule has 0 saturated heterocycles. The van der Waals surface area contributed by atoms with Gasteiger partial charge in [-0.15, -0.1) is 4.57 Å². The van der Waals surface area contributed by atoms with Crippen molar-refractivity contribution in [2.75, 3.05) is 16.8 Å². The summed E-state index contributed by atoms with van der Waals surface area (Å²) in [4.78, 5) is 35.5. The summed E-state index contributed by atoms with van der Waals surface area (Å²) in [6, 6.07) is 11.6. The number of amides is 1. The summed E-state index contributed by atoms with van der Waals surface area (Å²) in [5.41, 5.74) is 7.10. The lowest BCUT2D eigenvalue weighted by atomic mass is 10.1. The largest absolute Gasteiger partial charge is 0.450 e. The zero-order valence-corrected chi connectivity index (χ0v) is 17.4. The number of carbonyl (C=O) groups excluding carboxylic acids is 3. The topological polar surface area (TPSA) is 93.1 Å². The lowest BCUT2D eigenvalue weighted by molar-refractivity contribution is -0.573. The van der Waals surface area contributed by atoms with Gasteiger partial charge in [0.05, 0.1) is 18.2 Å². The first-order valence-corrected chi connectivity index (χ1v) is 10.6. The average Bonchev–Trinajstić information content (AvgIpc) is 2.73. The fraction of sp³-hybridized carbons (Fsp3) is 0.333. The van der Waals surface area contributed by atoms with E-state index >= 15 is 0 Å². The number of nitrogens with zero attached hydrogens (tertiary/aromatic N) is 1. The number of hydrogen-bond donors (Lipinski definition) is 2. The minimum atomic E-state index is -4.82. The molecule has 0 saturated carbocycles. The molecule has 1 heterocycles. The number of pyridine rings is 1. The number of Topliss-reactive ketones (excluding diaryl/α,β-unsaturated/α-hetero) is 1. The number of anilines is 1. The smallest absolute Gasteiger partial charge is 0.320 e. The first-order chi connectivity index (χ1) is 14.7. The van der Waals surface area contributed by atoms with Crippen molar-refractivity contribution in [1.29, 1.82) is 0 Å². The molecule has 0 radical (unpaired) electrons. The molecule has 1 aromatic heterocycles. The van der Waals surface area contributed by atoms with Crippen LogP contribution in [0.2, 0.25) is 0 Å². The number of nitrogens with one attached hydrogen (secondary N) is 1. The number of nitrogens with two attached hydrogens (primary N) is 1. The van der Waals surface area contributed by atoms with Gasteiger partial charge in [0.15, 0.2) is 6.20 Å². The second-order valence-corrected chi connectivity index (χ2v) is 7.87. The maximum absolute atomic E-state index is 12.4. The SMILES string of the molecule is N[C@@H](CCCSCC(=O)C(F)(F)F)C(=O)Nc1ccc[n+](C(=O)Cc2ccccc2)c1. The Morgan fingerprint density at radius 1 is 1.10 bits per heavy atom. The number of thioether (sulfide) groups is 1. The van der Waals surface area contributed by atoms with Gasteiger partial charge in [0, 0.05) is 6.07 Å². The summed E-state index contributed by atoms with van der Waals surface area (Å²) >= 11 is 0.854. The Hall–Kier alpha value is -2.72. The van der Waals surface area contributed by atoms with Crippen LogP contribution in [-0.4, -0.2) is 41.3 Å². The van der Waals surface area contributed by atoms with Gasteiger partial charge in [-0.3, -0.25) is 9.59 Å². The monoisotopic (exact) mass is 454 g/mol. The lowest BCUT2D eigenvalue weighted by Crippen LogP contribution is -2.43. The second kappa shape index (κ2) is 11.6. The molecule has 1 aromatic carbocycles. The van der Waals surface area contributed by atoms with Gasteiger partial charge in [0.1, 0.15) is 5.69 Å². The van der Waals surface area contributed by atoms with Crippen molar-refractivity contribution in [3.8, 4) is 0 Å². The Morgan fingerprint density at radius 3 is 2.48 bits per heavy atom. The van der Waals surface area contributed by atoms with Crippen LogP contribution in [-0.2, 0) is 16.0 Å². The highest BCUT2D eigenvalue weighted by atomic mass is 32.2. The first kappa shape index (κ1) is 24.5. The van der Waals surface area contributed by atoms with Crippen LogP contribution in [0.4, 0.5) is 18.9 Å². The molecule has 1 atom stereocenters. The Balaban J connectivity index is 1.79. The van der Waals surface area contributed by atoms with E-state index in [1.54, 1.807) is 18.3 Å². The van der Waals surface area contributed by atoms with Gasteiger partial charge in [-0.2, -0.15) is 24.9 Å². The summed E-state index contributed by atoms with van der Waals surface area (Å²) in [7, 11) is 0. The van der Waals surface area contributed by atoms with Crippen molar-refractivity contribution in [2.45, 2.75) is 31.5 Å². The number of alkyl halides is 3. The van der Waals surface area contributed by atoms with Crippen LogP contribution in [0, 0.1) is 0 Å². The van der Waals surface area contributed by atoms with Gasteiger partial charge in [0.25, 0.3) is 0 Å². The molecule has 166 valence electrons. The number of ketones is 1. The zero-order valence-electron chi connectivity index (χ0n) is 16.6. The molecule has 10 heteroatoms. The van der Waals surface area contributed by atoms with Crippen LogP contribution in [0.3, 0.4) is 0 Å². The van der Waals surface area contributed by atoms with Crippen LogP contribution in [0.25, 0.3) is 0 Å². The summed E-state index contributed by atoms with van der Waals surface area (Å²) < 4.78 is 37.8. The van der Waals surface area contributed by atoms with E-state index in [-0.39, 0.29) is 24.5 Å². The van der Waals surface area contributed by atoms with Gasteiger partial charge in [0.2, 0.25) is 17.9 Å². The third-order valence-electron chi connectivity index (χ3n) is 4.24. The van der Waals surface area contributed by atoms with Crippen molar-refractivity contribution in [2.24, 2.45) is 5.73 Å². The Labute approximate surface area is 182 Å². The molecule has 1 amide bonds. The Bertz CT molecular complexity index is 907. The molecule has 31 heavy (non-hydrogen) atoms. The van der Waals surface area contributed by atoms with Gasteiger partial charge < -0.3 is 11.1 Å². The van der Waals surface area contributed by atoms with Crippen molar-refractivity contribution in [1.82, 2.24) is 0 Å². The van der Waals surface area contributed by atoms with Gasteiger partial charge in [-0.25, -0.2) is 4.79 Å². The van der Waals surface area contributed by atoms with Crippen molar-refractivity contribution in [3.63, 3.8) is 0 Å². The van der Waals surface area contributed by atoms with Crippen LogP contribution >= 0.6 is 11.8 Å². The van der Waals surface area contributed by atoms with E-state index in [9.17, 15) is 27.6 Å². The minimum Gasteiger partial charge on any atom is -0.320 e. The van der Waals surface area contributed by atoms with Crippen LogP contribution in [0.1, 0.15) is 23.2 Å². The van der Waals surface area contributed by atoms with Crippen LogP contribution < -0.4 is 15.6 Å². The van der Waals surface area contributed by atoms with Gasteiger partial charge in [-0.1, -0.05) is 30.3 Å². The fourth-order valence-electron chi connectivity index (χ4n) is 2.58. The molecule has 3 N–H and O–H groups in total. The molecule has 0 aliphatic carbocycles. The molecule has 0 spiro atoms. The number of benzene rings is 1. The third kappa shape index (κ3) is 8.50. The summed E-state index contributed by atoms with van der Waals surface area (Å²) in [5.74, 6) is -2.78. The molecule has 2 rings (SSSR count). The zero-order chi connectivity index (χ0) is 22.9. The van der Waals surface area contributed by atoms with Gasteiger partial charge >= 0.3 is 12.1 Å². The first-order valence-electron chi connectivity index (χ1n) is 9.49. The predicted octanol–water partition coefficient (Wildman–Crippen LogP) is 2.77. The lowest BCUT2D eigenvalue weighted by Gasteiger charge is -2.11. The Morgan fingerprint density at radius 2 is 1.81 bits per heavy atom. The summed E-state index contributed by atoms with van der Waals surface area (Å²) in [6.07, 6.45) is -0.905. The van der Waals surface area contributed by atoms with E-state index in [4.69, 9.17) is 5.73 Å². The van der Waals surface area contributed by atoms with Crippen molar-refractivity contribution in [3.05, 3.63) is 60.4 Å². The van der Waals surface area contributed by atoms with E-state index in [0.29, 0.717) is 12.1 Å². The van der Waals surface area contributed by atoms with E-state index in [1.165, 1.54) is 10.8 Å². The molecular formula is C21H23F3N3O3S+. The quantitative estimate of drug-likeness (QED) is 0.425. The number of rotatable bonds is 10. The Kier molecular flexibility index (Phi) is 9.20. The molecule has 0 aliphatic heterocycles. The number of aromatic nitrogens is 1. The maximum atomic E-state index is 12.4. The van der Waals surface area contributed by atoms with Gasteiger partial charge in [-0.05, 0) is 30.2 Å². The number of hydrogen-bond acceptors (Lipinski definition) is 5. The molecule has 0 unspecified atom stereocenters. The summed E-state index contributed by atoms with van der Waals surface area (Å²) in [5, 5.41) is 2.63. The minimum absolute atomic E-state index is 0.169. The van der Waals surface area contributed by atoms with E-state index < -0.39 is 29.7 Å². The number of carbonyl (C=O) groups is 3. The maximum Gasteiger partial charge on any atom is 0.450 e. The highest BCUT2D eigenvalue weighted by Gasteiger charge is 2.37. The number of halogens is 3. The molecule has 0 bridgehead atoms. The normalized spacial score (nSPS) is 12.3.